The summed E-state index contributed by atoms with van der Waals surface area (Å²) in [5.41, 5.74) is 8.54. The topological polar surface area (TPSA) is 727 Å². The molecule has 56 heteroatoms. The van der Waals surface area contributed by atoms with E-state index >= 15 is 0 Å². The zero-order valence-corrected chi connectivity index (χ0v) is 66.8. The number of imidazole rings is 2. The van der Waals surface area contributed by atoms with Crippen LogP contribution in [0.15, 0.2) is 25.3 Å². The summed E-state index contributed by atoms with van der Waals surface area (Å²) in [6, 6.07) is 0. The number of amides is 4. The number of nitrogens with two attached hydrogens (primary N) is 2. The fraction of sp³-hybridized carbons (Fsp3) is 0.704. The number of aromatic nitrogens is 8. The van der Waals surface area contributed by atoms with Gasteiger partial charge in [0.15, 0.2) is 45.6 Å². The number of aliphatic hydroxyl groups is 4. The third kappa shape index (κ3) is 31.4. The van der Waals surface area contributed by atoms with Gasteiger partial charge in [-0.25, -0.2) is 57.3 Å². The van der Waals surface area contributed by atoms with Crippen LogP contribution in [0.3, 0.4) is 0 Å². The normalized spacial score (nSPS) is 21.8. The predicted octanol–water partition coefficient (Wildman–Crippen LogP) is 0.490. The van der Waals surface area contributed by atoms with E-state index in [1.54, 1.807) is 0 Å². The summed E-state index contributed by atoms with van der Waals surface area (Å²) < 4.78 is 124. The number of ether oxygens (including phenoxy) is 2. The van der Waals surface area contributed by atoms with E-state index in [2.05, 4.69) is 68.8 Å². The van der Waals surface area contributed by atoms with Crippen molar-refractivity contribution in [3.63, 3.8) is 0 Å². The third-order valence-corrected chi connectivity index (χ3v) is 23.6. The maximum atomic E-state index is 12.7. The van der Waals surface area contributed by atoms with Gasteiger partial charge in [0.25, 0.3) is 0 Å². The van der Waals surface area contributed by atoms with Gasteiger partial charge >= 0.3 is 46.9 Å². The van der Waals surface area contributed by atoms with E-state index < -0.39 is 169 Å². The Hall–Kier alpha value is -4.88. The molecule has 110 heavy (non-hydrogen) atoms. The van der Waals surface area contributed by atoms with Crippen molar-refractivity contribution >= 4 is 138 Å². The summed E-state index contributed by atoms with van der Waals surface area (Å²) in [6.07, 6.45) is -7.27. The average Bonchev–Trinajstić information content (AvgIpc) is 1.62. The highest BCUT2D eigenvalue weighted by molar-refractivity contribution is 8.13. The van der Waals surface area contributed by atoms with Gasteiger partial charge in [0.1, 0.15) is 72.5 Å². The standard InChI is InChI=1S/2C27H46N7O17P3S/c2*1-4-5-6-7-18(36)55-11-10-29-17(35)8-9-30-25(39)22(38)27(2,3)13-48-54(45,46)51-53(43,44)47-12-16-21(50-52(40,41)42)20(37)26(49-16)34-15-33-19-23(28)31-14-32-24(19)34/h2*14-16,20-22,26,37-38H,4-13H2,1-3H3,(H,29,35)(H,30,39)(H,43,44)(H,45,46)(H2,28,31,32)(H2,40,41,42)/t2*16-,20-,21-,22+,26-/m11/s1. The molecule has 20 N–H and O–H groups in total. The van der Waals surface area contributed by atoms with Crippen molar-refractivity contribution in [1.82, 2.24) is 60.3 Å². The van der Waals surface area contributed by atoms with E-state index in [0.29, 0.717) is 24.3 Å². The molecule has 2 aliphatic heterocycles. The number of anilines is 2. The molecule has 6 heterocycles. The molecule has 48 nitrogen and oxygen atoms in total. The lowest BCUT2D eigenvalue weighted by atomic mass is 9.87. The molecule has 14 atom stereocenters. The number of phosphoric ester groups is 6. The molecular weight excluding hydrogens is 1640 g/mol. The van der Waals surface area contributed by atoms with Gasteiger partial charge in [0.05, 0.1) is 39.1 Å². The highest BCUT2D eigenvalue weighted by Gasteiger charge is 2.53. The smallest absolute Gasteiger partial charge is 0.386 e. The molecule has 624 valence electrons. The summed E-state index contributed by atoms with van der Waals surface area (Å²) in [7, 11) is -32.7. The minimum absolute atomic E-state index is 0.0321. The van der Waals surface area contributed by atoms with E-state index in [1.807, 2.05) is 13.8 Å². The van der Waals surface area contributed by atoms with Crippen LogP contribution in [0, 0.1) is 10.8 Å². The lowest BCUT2D eigenvalue weighted by Gasteiger charge is -2.30. The second-order valence-electron chi connectivity index (χ2n) is 25.5. The van der Waals surface area contributed by atoms with Crippen LogP contribution in [0.2, 0.25) is 0 Å². The Balaban J connectivity index is 0.000000394. The Morgan fingerprint density at radius 2 is 0.864 bits per heavy atom. The van der Waals surface area contributed by atoms with Crippen LogP contribution >= 0.6 is 70.5 Å². The third-order valence-electron chi connectivity index (χ3n) is 15.5. The number of aliphatic hydroxyl groups excluding tert-OH is 4. The fourth-order valence-electron chi connectivity index (χ4n) is 9.77. The van der Waals surface area contributed by atoms with E-state index in [-0.39, 0.29) is 83.2 Å². The predicted molar refractivity (Wildman–Crippen MR) is 382 cm³/mol. The molecule has 2 aliphatic rings. The summed E-state index contributed by atoms with van der Waals surface area (Å²) in [5, 5.41) is 52.8. The van der Waals surface area contributed by atoms with Gasteiger partial charge in [-0.15, -0.1) is 0 Å². The second kappa shape index (κ2) is 42.7. The molecule has 2 saturated heterocycles. The van der Waals surface area contributed by atoms with Crippen molar-refractivity contribution in [2.45, 2.75) is 167 Å². The van der Waals surface area contributed by atoms with Gasteiger partial charge in [-0.1, -0.05) is 90.7 Å². The van der Waals surface area contributed by atoms with Crippen molar-refractivity contribution in [3.05, 3.63) is 25.3 Å². The van der Waals surface area contributed by atoms with Gasteiger partial charge in [0.2, 0.25) is 23.6 Å². The van der Waals surface area contributed by atoms with E-state index in [9.17, 15) is 116 Å². The van der Waals surface area contributed by atoms with Crippen molar-refractivity contribution in [2.24, 2.45) is 10.8 Å². The van der Waals surface area contributed by atoms with Gasteiger partial charge in [-0.05, 0) is 12.8 Å². The summed E-state index contributed by atoms with van der Waals surface area (Å²) >= 11 is 2.24. The van der Waals surface area contributed by atoms with Crippen LogP contribution in [0.1, 0.15) is 118 Å². The molecule has 0 bridgehead atoms. The Kier molecular flexibility index (Phi) is 37.1. The molecule has 0 aliphatic carbocycles. The number of thioether (sulfide) groups is 2. The Bertz CT molecular complexity index is 3820. The maximum Gasteiger partial charge on any atom is 0.481 e. The Morgan fingerprint density at radius 3 is 1.20 bits per heavy atom. The molecule has 4 amide bonds. The number of rotatable bonds is 46. The molecule has 0 radical (unpaired) electrons. The maximum absolute atomic E-state index is 12.7. The number of unbranched alkanes of at least 4 members (excludes halogenated alkanes) is 4. The first kappa shape index (κ1) is 95.7. The van der Waals surface area contributed by atoms with Crippen LogP contribution in [0.25, 0.3) is 22.3 Å². The first-order chi connectivity index (χ1) is 51.1. The molecule has 4 aromatic heterocycles. The summed E-state index contributed by atoms with van der Waals surface area (Å²) in [6.45, 7) is 5.17. The Morgan fingerprint density at radius 1 is 0.518 bits per heavy atom. The molecular formula is C54H92N14O34P6S2. The molecule has 0 saturated carbocycles. The SMILES string of the molecule is CCCCCC(=O)SCCNC(=O)CCNC(=O)[C@H](O)C(C)(C)COP(=O)(O)OP(=O)(O)OC[C@H]1O[C@@H](n2cnc3c(N)ncnc32)[C@H](O)[C@@H]1OP(=O)(O)O.CCCCCC(=O)SCCNC(=O)CCNC(=O)[C@H](O)C(C)(C)COP(=O)(O)OP(=O)(O)OC[C@H]1O[C@@H](n2cnc3c(N)ncnc32)[C@H](O)[C@@H]1OP(=O)(O)O. The van der Waals surface area contributed by atoms with Gasteiger partial charge < -0.3 is 102 Å². The quantitative estimate of drug-likeness (QED) is 0.0211. The highest BCUT2D eigenvalue weighted by atomic mass is 32.2. The molecule has 4 unspecified atom stereocenters. The van der Waals surface area contributed by atoms with E-state index in [1.165, 1.54) is 27.7 Å². The van der Waals surface area contributed by atoms with Crippen molar-refractivity contribution in [2.75, 3.05) is 75.6 Å². The van der Waals surface area contributed by atoms with Crippen molar-refractivity contribution in [3.8, 4) is 0 Å². The number of phosphoric acid groups is 6. The van der Waals surface area contributed by atoms with Gasteiger partial charge in [-0.2, -0.15) is 8.62 Å². The number of hydrogen-bond acceptors (Lipinski definition) is 36. The number of nitrogens with zero attached hydrogens (tertiary/aromatic N) is 8. The zero-order valence-electron chi connectivity index (χ0n) is 59.8. The molecule has 0 spiro atoms. The number of carbonyl (C=O) groups excluding carboxylic acids is 6. The average molecular weight is 1730 g/mol. The number of fused-ring (bicyclic) bond motifs is 2. The largest absolute Gasteiger partial charge is 0.481 e. The summed E-state index contributed by atoms with van der Waals surface area (Å²) in [5.74, 6) is -2.08. The van der Waals surface area contributed by atoms with Crippen LogP contribution < -0.4 is 32.7 Å². The Labute approximate surface area is 635 Å². The molecule has 4 aromatic rings. The minimum atomic E-state index is -5.56. The molecule has 2 fully saturated rings. The van der Waals surface area contributed by atoms with Crippen LogP contribution in [-0.4, -0.2) is 245 Å². The number of hydrogen-bond donors (Lipinski definition) is 18. The fourth-order valence-corrected chi connectivity index (χ4v) is 16.9. The monoisotopic (exact) mass is 1730 g/mol. The highest BCUT2D eigenvalue weighted by Crippen LogP contribution is 2.63. The van der Waals surface area contributed by atoms with Crippen LogP contribution in [-0.2, 0) is 101 Å². The van der Waals surface area contributed by atoms with Gasteiger partial charge in [0, 0.05) is 74.2 Å². The molecule has 6 rings (SSSR count). The van der Waals surface area contributed by atoms with Gasteiger partial charge in [-0.3, -0.25) is 65.0 Å². The minimum Gasteiger partial charge on any atom is -0.386 e. The van der Waals surface area contributed by atoms with Crippen molar-refractivity contribution in [1.29, 1.82) is 0 Å². The summed E-state index contributed by atoms with van der Waals surface area (Å²) in [4.78, 5) is 175. The van der Waals surface area contributed by atoms with Crippen molar-refractivity contribution < 1.29 is 161 Å². The number of carbonyl (C=O) groups is 6. The molecule has 0 aromatic carbocycles. The van der Waals surface area contributed by atoms with E-state index in [0.717, 1.165) is 96.5 Å². The lowest BCUT2D eigenvalue weighted by molar-refractivity contribution is -0.137. The van der Waals surface area contributed by atoms with Crippen LogP contribution in [0.5, 0.6) is 0 Å². The van der Waals surface area contributed by atoms with Crippen LogP contribution in [0.4, 0.5) is 11.6 Å². The second-order valence-corrected chi connectivity index (χ2v) is 36.3. The lowest BCUT2D eigenvalue weighted by Crippen LogP contribution is -2.46. The van der Waals surface area contributed by atoms with E-state index in [4.69, 9.17) is 39.0 Å². The first-order valence-corrected chi connectivity index (χ1v) is 44.2. The number of nitrogen functional groups attached to an aromatic ring is 2. The number of nitrogens with one attached hydrogen (secondary N) is 4. The first-order valence-electron chi connectivity index (χ1n) is 33.2. The zero-order chi connectivity index (χ0) is 82.4.